The summed E-state index contributed by atoms with van der Waals surface area (Å²) in [6, 6.07) is 0. The van der Waals surface area contributed by atoms with Gasteiger partial charge in [-0.25, -0.2) is 0 Å². The van der Waals surface area contributed by atoms with Crippen LogP contribution in [0.1, 0.15) is 53.9 Å². The van der Waals surface area contributed by atoms with Gasteiger partial charge in [0.05, 0.1) is 0 Å². The van der Waals surface area contributed by atoms with Crippen molar-refractivity contribution in [2.75, 3.05) is 13.2 Å². The quantitative estimate of drug-likeness (QED) is 0.498. The van der Waals surface area contributed by atoms with E-state index in [-0.39, 0.29) is 0 Å². The molecule has 0 heterocycles. The second kappa shape index (κ2) is 8.67. The van der Waals surface area contributed by atoms with Gasteiger partial charge in [-0.1, -0.05) is 18.6 Å². The molecule has 0 aromatic rings. The number of ether oxygens (including phenoxy) is 2. The van der Waals surface area contributed by atoms with Crippen LogP contribution in [0.15, 0.2) is 11.6 Å². The minimum absolute atomic E-state index is 0.369. The van der Waals surface area contributed by atoms with Crippen LogP contribution >= 0.6 is 0 Å². The average molecular weight is 244 g/mol. The van der Waals surface area contributed by atoms with Crippen LogP contribution in [0.4, 0.5) is 0 Å². The van der Waals surface area contributed by atoms with E-state index in [1.165, 1.54) is 5.57 Å². The van der Waals surface area contributed by atoms with Crippen molar-refractivity contribution in [3.05, 3.63) is 11.6 Å². The lowest BCUT2D eigenvalue weighted by molar-refractivity contribution is -0.364. The van der Waals surface area contributed by atoms with E-state index in [0.717, 1.165) is 12.8 Å². The zero-order valence-corrected chi connectivity index (χ0v) is 12.0. The molecule has 0 aromatic carbocycles. The summed E-state index contributed by atoms with van der Waals surface area (Å²) in [4.78, 5) is 0. The molecule has 0 spiro atoms. The third-order valence-corrected chi connectivity index (χ3v) is 2.56. The Morgan fingerprint density at radius 2 is 1.76 bits per heavy atom. The number of aliphatic hydroxyl groups is 1. The highest BCUT2D eigenvalue weighted by Crippen LogP contribution is 2.23. The maximum atomic E-state index is 10.1. The third-order valence-electron chi connectivity index (χ3n) is 2.56. The monoisotopic (exact) mass is 244 g/mol. The molecule has 0 unspecified atom stereocenters. The molecule has 1 N–H and O–H groups in total. The first-order valence-electron chi connectivity index (χ1n) is 6.57. The van der Waals surface area contributed by atoms with E-state index in [1.807, 2.05) is 13.8 Å². The Hall–Kier alpha value is -0.380. The van der Waals surface area contributed by atoms with Gasteiger partial charge in [0.15, 0.2) is 0 Å². The molecule has 0 radical (unpaired) electrons. The van der Waals surface area contributed by atoms with Crippen molar-refractivity contribution in [1.82, 2.24) is 0 Å². The highest BCUT2D eigenvalue weighted by atomic mass is 16.8. The molecule has 0 amide bonds. The fourth-order valence-corrected chi connectivity index (χ4v) is 1.81. The van der Waals surface area contributed by atoms with Crippen molar-refractivity contribution in [2.45, 2.75) is 59.9 Å². The van der Waals surface area contributed by atoms with Crippen molar-refractivity contribution in [3.63, 3.8) is 0 Å². The van der Waals surface area contributed by atoms with E-state index in [9.17, 15) is 5.11 Å². The van der Waals surface area contributed by atoms with E-state index in [1.54, 1.807) is 0 Å². The summed E-state index contributed by atoms with van der Waals surface area (Å²) in [7, 11) is 0. The van der Waals surface area contributed by atoms with E-state index >= 15 is 0 Å². The molecule has 0 bridgehead atoms. The standard InChI is InChI=1S/C14H28O3/c1-6-16-14(15,17-7-2)11-13(5)10-8-9-12(3)4/h9,13,15H,6-8,10-11H2,1-5H3/t13-/m1/s1. The van der Waals surface area contributed by atoms with Gasteiger partial charge in [0.1, 0.15) is 0 Å². The van der Waals surface area contributed by atoms with E-state index in [2.05, 4.69) is 26.8 Å². The summed E-state index contributed by atoms with van der Waals surface area (Å²) in [6.07, 6.45) is 4.81. The average Bonchev–Trinajstić information content (AvgIpc) is 2.16. The Bertz CT molecular complexity index is 214. The molecule has 102 valence electrons. The smallest absolute Gasteiger partial charge is 0.280 e. The van der Waals surface area contributed by atoms with Crippen LogP contribution in [-0.2, 0) is 9.47 Å². The molecule has 1 atom stereocenters. The Morgan fingerprint density at radius 3 is 2.18 bits per heavy atom. The molecule has 3 heteroatoms. The zero-order valence-electron chi connectivity index (χ0n) is 12.0. The Kier molecular flexibility index (Phi) is 8.48. The predicted molar refractivity (Wildman–Crippen MR) is 70.6 cm³/mol. The van der Waals surface area contributed by atoms with Crippen molar-refractivity contribution < 1.29 is 14.6 Å². The summed E-state index contributed by atoms with van der Waals surface area (Å²) < 4.78 is 10.6. The van der Waals surface area contributed by atoms with Gasteiger partial charge >= 0.3 is 0 Å². The molecule has 0 aliphatic heterocycles. The molecule has 3 nitrogen and oxygen atoms in total. The van der Waals surface area contributed by atoms with Gasteiger partial charge in [0.2, 0.25) is 0 Å². The second-order valence-corrected chi connectivity index (χ2v) is 4.75. The molecule has 0 rings (SSSR count). The van der Waals surface area contributed by atoms with Crippen LogP contribution in [0.25, 0.3) is 0 Å². The summed E-state index contributed by atoms with van der Waals surface area (Å²) in [5.41, 5.74) is 1.34. The van der Waals surface area contributed by atoms with Crippen LogP contribution in [-0.4, -0.2) is 24.3 Å². The van der Waals surface area contributed by atoms with Gasteiger partial charge in [-0.05, 0) is 46.5 Å². The molecule has 0 aromatic heterocycles. The third kappa shape index (κ3) is 8.36. The molecule has 0 aliphatic carbocycles. The lowest BCUT2D eigenvalue weighted by atomic mass is 9.99. The fourth-order valence-electron chi connectivity index (χ4n) is 1.81. The Balaban J connectivity index is 4.11. The topological polar surface area (TPSA) is 38.7 Å². The number of hydrogen-bond donors (Lipinski definition) is 1. The molecular formula is C14H28O3. The lowest BCUT2D eigenvalue weighted by Gasteiger charge is -2.29. The van der Waals surface area contributed by atoms with Crippen molar-refractivity contribution in [1.29, 1.82) is 0 Å². The molecular weight excluding hydrogens is 216 g/mol. The lowest BCUT2D eigenvalue weighted by Crippen LogP contribution is -2.37. The van der Waals surface area contributed by atoms with E-state index < -0.39 is 5.97 Å². The molecule has 17 heavy (non-hydrogen) atoms. The van der Waals surface area contributed by atoms with Crippen LogP contribution in [0.5, 0.6) is 0 Å². The van der Waals surface area contributed by atoms with Gasteiger partial charge in [0, 0.05) is 19.6 Å². The first-order chi connectivity index (χ1) is 7.93. The summed E-state index contributed by atoms with van der Waals surface area (Å²) in [5, 5.41) is 10.1. The maximum absolute atomic E-state index is 10.1. The van der Waals surface area contributed by atoms with Gasteiger partial charge in [-0.15, -0.1) is 0 Å². The largest absolute Gasteiger partial charge is 0.343 e. The fraction of sp³-hybridized carbons (Fsp3) is 0.857. The Labute approximate surface area is 106 Å². The predicted octanol–water partition coefficient (Wildman–Crippen LogP) is 3.48. The minimum atomic E-state index is -1.41. The van der Waals surface area contributed by atoms with Crippen LogP contribution in [0, 0.1) is 5.92 Å². The SMILES string of the molecule is CCOC(O)(C[C@H](C)CCC=C(C)C)OCC. The summed E-state index contributed by atoms with van der Waals surface area (Å²) in [5.74, 6) is -1.04. The molecule has 0 saturated heterocycles. The first kappa shape index (κ1) is 16.6. The van der Waals surface area contributed by atoms with Gasteiger partial charge < -0.3 is 14.6 Å². The van der Waals surface area contributed by atoms with Crippen LogP contribution in [0.3, 0.4) is 0 Å². The van der Waals surface area contributed by atoms with Crippen molar-refractivity contribution >= 4 is 0 Å². The van der Waals surface area contributed by atoms with Crippen molar-refractivity contribution in [3.8, 4) is 0 Å². The highest BCUT2D eigenvalue weighted by Gasteiger charge is 2.30. The zero-order chi connectivity index (χ0) is 13.3. The minimum Gasteiger partial charge on any atom is -0.343 e. The number of allylic oxidation sites excluding steroid dienone is 2. The molecule has 0 saturated carbocycles. The first-order valence-corrected chi connectivity index (χ1v) is 6.57. The molecule has 0 fully saturated rings. The summed E-state index contributed by atoms with van der Waals surface area (Å²) in [6.45, 7) is 10.9. The maximum Gasteiger partial charge on any atom is 0.280 e. The van der Waals surface area contributed by atoms with Crippen LogP contribution in [0.2, 0.25) is 0 Å². The van der Waals surface area contributed by atoms with Gasteiger partial charge in [-0.2, -0.15) is 0 Å². The second-order valence-electron chi connectivity index (χ2n) is 4.75. The van der Waals surface area contributed by atoms with Gasteiger partial charge in [-0.3, -0.25) is 0 Å². The number of rotatable bonds is 9. The van der Waals surface area contributed by atoms with Gasteiger partial charge in [0.25, 0.3) is 5.97 Å². The van der Waals surface area contributed by atoms with Crippen molar-refractivity contribution in [2.24, 2.45) is 5.92 Å². The normalized spacial score (nSPS) is 13.5. The number of hydrogen-bond acceptors (Lipinski definition) is 3. The van der Waals surface area contributed by atoms with Crippen LogP contribution < -0.4 is 0 Å². The Morgan fingerprint density at radius 1 is 1.24 bits per heavy atom. The highest BCUT2D eigenvalue weighted by molar-refractivity contribution is 4.92. The summed E-state index contributed by atoms with van der Waals surface area (Å²) >= 11 is 0. The van der Waals surface area contributed by atoms with E-state index in [0.29, 0.717) is 25.6 Å². The van der Waals surface area contributed by atoms with E-state index in [4.69, 9.17) is 9.47 Å². The molecule has 0 aliphatic rings.